The number of carboxylic acids is 1. The number of benzene rings is 1. The predicted octanol–water partition coefficient (Wildman–Crippen LogP) is 2.58. The molecule has 1 aromatic rings. The Morgan fingerprint density at radius 3 is 2.80 bits per heavy atom. The highest BCUT2D eigenvalue weighted by atomic mass is 79.9. The summed E-state index contributed by atoms with van der Waals surface area (Å²) in [5, 5.41) is 17.4. The molecule has 4 heteroatoms. The van der Waals surface area contributed by atoms with E-state index in [9.17, 15) is 4.79 Å². The largest absolute Gasteiger partial charge is 0.481 e. The lowest BCUT2D eigenvalue weighted by Gasteiger charge is -2.08. The molecule has 1 aromatic carbocycles. The lowest BCUT2D eigenvalue weighted by atomic mass is 10.0. The quantitative estimate of drug-likeness (QED) is 0.916. The van der Waals surface area contributed by atoms with Crippen molar-refractivity contribution in [2.75, 3.05) is 0 Å². The Labute approximate surface area is 96.5 Å². The van der Waals surface area contributed by atoms with Crippen molar-refractivity contribution in [2.45, 2.75) is 13.3 Å². The van der Waals surface area contributed by atoms with E-state index in [1.807, 2.05) is 6.07 Å². The molecule has 78 valence electrons. The lowest BCUT2D eigenvalue weighted by Crippen LogP contribution is -2.12. The molecule has 15 heavy (non-hydrogen) atoms. The van der Waals surface area contributed by atoms with Crippen LogP contribution in [0.25, 0.3) is 0 Å². The zero-order valence-corrected chi connectivity index (χ0v) is 9.78. The second-order valence-electron chi connectivity index (χ2n) is 3.36. The number of aliphatic carboxylic acids is 1. The van der Waals surface area contributed by atoms with Crippen molar-refractivity contribution >= 4 is 21.9 Å². The van der Waals surface area contributed by atoms with Crippen LogP contribution in [-0.4, -0.2) is 11.1 Å². The Morgan fingerprint density at radius 2 is 2.33 bits per heavy atom. The molecule has 0 aliphatic carbocycles. The van der Waals surface area contributed by atoms with Gasteiger partial charge >= 0.3 is 5.97 Å². The lowest BCUT2D eigenvalue weighted by molar-refractivity contribution is -0.141. The average molecular weight is 268 g/mol. The molecule has 0 heterocycles. The number of nitrogens with zero attached hydrogens (tertiary/aromatic N) is 1. The van der Waals surface area contributed by atoms with Crippen LogP contribution in [0.5, 0.6) is 0 Å². The van der Waals surface area contributed by atoms with Gasteiger partial charge in [-0.2, -0.15) is 5.26 Å². The first-order valence-corrected chi connectivity index (χ1v) is 5.25. The molecule has 0 aliphatic rings. The maximum absolute atomic E-state index is 10.7. The third kappa shape index (κ3) is 3.07. The van der Waals surface area contributed by atoms with Gasteiger partial charge in [0, 0.05) is 4.47 Å². The molecular weight excluding hydrogens is 258 g/mol. The Hall–Kier alpha value is -1.34. The van der Waals surface area contributed by atoms with Gasteiger partial charge in [-0.1, -0.05) is 28.9 Å². The molecule has 0 saturated carbocycles. The molecule has 3 nitrogen and oxygen atoms in total. The Morgan fingerprint density at radius 1 is 1.67 bits per heavy atom. The van der Waals surface area contributed by atoms with Crippen LogP contribution in [-0.2, 0) is 11.2 Å². The number of rotatable bonds is 3. The van der Waals surface area contributed by atoms with Crippen LogP contribution in [0, 0.1) is 17.2 Å². The van der Waals surface area contributed by atoms with Crippen LogP contribution in [0.1, 0.15) is 18.1 Å². The van der Waals surface area contributed by atoms with Crippen LogP contribution in [0.3, 0.4) is 0 Å². The molecule has 0 fully saturated rings. The number of hydrogen-bond donors (Lipinski definition) is 1. The van der Waals surface area contributed by atoms with Crippen molar-refractivity contribution in [2.24, 2.45) is 5.92 Å². The average Bonchev–Trinajstić information content (AvgIpc) is 2.20. The topological polar surface area (TPSA) is 61.1 Å². The Kier molecular flexibility index (Phi) is 3.87. The highest BCUT2D eigenvalue weighted by Crippen LogP contribution is 2.21. The van der Waals surface area contributed by atoms with Crippen molar-refractivity contribution in [3.05, 3.63) is 33.8 Å². The molecule has 0 bridgehead atoms. The molecule has 0 saturated heterocycles. The number of carboxylic acid groups (broad SMARTS) is 1. The van der Waals surface area contributed by atoms with E-state index < -0.39 is 11.9 Å². The van der Waals surface area contributed by atoms with Crippen molar-refractivity contribution < 1.29 is 9.90 Å². The monoisotopic (exact) mass is 267 g/mol. The summed E-state index contributed by atoms with van der Waals surface area (Å²) in [5.41, 5.74) is 1.47. The minimum atomic E-state index is -0.814. The highest BCUT2D eigenvalue weighted by molar-refractivity contribution is 9.10. The van der Waals surface area contributed by atoms with Gasteiger partial charge in [-0.25, -0.2) is 0 Å². The van der Waals surface area contributed by atoms with E-state index in [1.54, 1.807) is 25.1 Å². The van der Waals surface area contributed by atoms with Crippen molar-refractivity contribution in [3.63, 3.8) is 0 Å². The second kappa shape index (κ2) is 4.94. The first-order valence-electron chi connectivity index (χ1n) is 4.46. The summed E-state index contributed by atoms with van der Waals surface area (Å²) in [5.74, 6) is -1.24. The van der Waals surface area contributed by atoms with Gasteiger partial charge in [0.05, 0.1) is 17.6 Å². The molecule has 0 radical (unpaired) electrons. The van der Waals surface area contributed by atoms with Gasteiger partial charge in [-0.15, -0.1) is 0 Å². The number of carbonyl (C=O) groups is 1. The summed E-state index contributed by atoms with van der Waals surface area (Å²) in [6.07, 6.45) is 0.460. The molecular formula is C11H10BrNO2. The standard InChI is InChI=1S/C11H10BrNO2/c1-7(11(14)15)4-9-3-2-8(6-13)5-10(9)12/h2-3,5,7H,4H2,1H3,(H,14,15). The summed E-state index contributed by atoms with van der Waals surface area (Å²) in [4.78, 5) is 10.7. The van der Waals surface area contributed by atoms with Crippen molar-refractivity contribution in [1.82, 2.24) is 0 Å². The highest BCUT2D eigenvalue weighted by Gasteiger charge is 2.13. The zero-order valence-electron chi connectivity index (χ0n) is 8.20. The van der Waals surface area contributed by atoms with E-state index in [1.165, 1.54) is 0 Å². The minimum absolute atomic E-state index is 0.422. The zero-order chi connectivity index (χ0) is 11.4. The maximum atomic E-state index is 10.7. The molecule has 0 aliphatic heterocycles. The van der Waals surface area contributed by atoms with E-state index in [2.05, 4.69) is 15.9 Å². The molecule has 0 amide bonds. The van der Waals surface area contributed by atoms with Gasteiger partial charge in [0.25, 0.3) is 0 Å². The Balaban J connectivity index is 2.88. The van der Waals surface area contributed by atoms with Gasteiger partial charge in [-0.05, 0) is 24.1 Å². The van der Waals surface area contributed by atoms with Crippen LogP contribution >= 0.6 is 15.9 Å². The van der Waals surface area contributed by atoms with Gasteiger partial charge in [-0.3, -0.25) is 4.79 Å². The van der Waals surface area contributed by atoms with Gasteiger partial charge < -0.3 is 5.11 Å². The fourth-order valence-corrected chi connectivity index (χ4v) is 1.74. The van der Waals surface area contributed by atoms with Crippen molar-refractivity contribution in [3.8, 4) is 6.07 Å². The molecule has 1 unspecified atom stereocenters. The molecule has 0 spiro atoms. The van der Waals surface area contributed by atoms with E-state index >= 15 is 0 Å². The van der Waals surface area contributed by atoms with E-state index in [0.29, 0.717) is 12.0 Å². The van der Waals surface area contributed by atoms with E-state index in [4.69, 9.17) is 10.4 Å². The van der Waals surface area contributed by atoms with Gasteiger partial charge in [0.1, 0.15) is 0 Å². The van der Waals surface area contributed by atoms with Crippen LogP contribution < -0.4 is 0 Å². The SMILES string of the molecule is CC(Cc1ccc(C#N)cc1Br)C(=O)O. The molecule has 1 atom stereocenters. The third-order valence-electron chi connectivity index (χ3n) is 2.13. The first kappa shape index (κ1) is 11.7. The number of nitriles is 1. The van der Waals surface area contributed by atoms with Gasteiger partial charge in [0.15, 0.2) is 0 Å². The third-order valence-corrected chi connectivity index (χ3v) is 2.87. The minimum Gasteiger partial charge on any atom is -0.481 e. The maximum Gasteiger partial charge on any atom is 0.306 e. The Bertz CT molecular complexity index is 423. The fraction of sp³-hybridized carbons (Fsp3) is 0.273. The summed E-state index contributed by atoms with van der Waals surface area (Å²) in [6, 6.07) is 7.19. The molecule has 1 rings (SSSR count). The second-order valence-corrected chi connectivity index (χ2v) is 4.22. The molecule has 0 aromatic heterocycles. The van der Waals surface area contributed by atoms with Crippen LogP contribution in [0.2, 0.25) is 0 Å². The van der Waals surface area contributed by atoms with E-state index in [0.717, 1.165) is 10.0 Å². The smallest absolute Gasteiger partial charge is 0.306 e. The predicted molar refractivity (Wildman–Crippen MR) is 59.4 cm³/mol. The first-order chi connectivity index (χ1) is 7.04. The number of hydrogen-bond acceptors (Lipinski definition) is 2. The fourth-order valence-electron chi connectivity index (χ4n) is 1.20. The summed E-state index contributed by atoms with van der Waals surface area (Å²) < 4.78 is 0.787. The normalized spacial score (nSPS) is 11.8. The van der Waals surface area contributed by atoms with Crippen LogP contribution in [0.15, 0.2) is 22.7 Å². The van der Waals surface area contributed by atoms with Gasteiger partial charge in [0.2, 0.25) is 0 Å². The van der Waals surface area contributed by atoms with E-state index in [-0.39, 0.29) is 0 Å². The number of halogens is 1. The molecule has 1 N–H and O–H groups in total. The van der Waals surface area contributed by atoms with Crippen molar-refractivity contribution in [1.29, 1.82) is 5.26 Å². The summed E-state index contributed by atoms with van der Waals surface area (Å²) >= 11 is 3.32. The summed E-state index contributed by atoms with van der Waals surface area (Å²) in [6.45, 7) is 1.66. The van der Waals surface area contributed by atoms with Crippen LogP contribution in [0.4, 0.5) is 0 Å². The summed E-state index contributed by atoms with van der Waals surface area (Å²) in [7, 11) is 0.